The Balaban J connectivity index is 2.61. The molecule has 0 radical (unpaired) electrons. The van der Waals surface area contributed by atoms with Crippen LogP contribution in [0.3, 0.4) is 0 Å². The number of pyridine rings is 1. The maximum atomic E-state index is 14.8. The first-order valence-electron chi connectivity index (χ1n) is 8.97. The lowest BCUT2D eigenvalue weighted by Gasteiger charge is -2.25. The molecule has 0 saturated carbocycles. The molecule has 3 rings (SSSR count). The van der Waals surface area contributed by atoms with Crippen LogP contribution in [-0.2, 0) is 19.8 Å². The molecule has 0 fully saturated rings. The lowest BCUT2D eigenvalue weighted by atomic mass is 9.99. The number of halogens is 5. The molecule has 30 heavy (non-hydrogen) atoms. The molecule has 0 bridgehead atoms. The molecular weight excluding hydrogens is 445 g/mol. The van der Waals surface area contributed by atoms with E-state index in [0.29, 0.717) is 0 Å². The van der Waals surface area contributed by atoms with Crippen LogP contribution in [-0.4, -0.2) is 18.2 Å². The number of hydrogen-bond acceptors (Lipinski definition) is 4. The molecule has 0 aliphatic rings. The molecule has 0 aliphatic heterocycles. The summed E-state index contributed by atoms with van der Waals surface area (Å²) in [6.45, 7) is 2.54. The van der Waals surface area contributed by atoms with Crippen molar-refractivity contribution in [2.24, 2.45) is 0 Å². The van der Waals surface area contributed by atoms with Crippen LogP contribution in [0.4, 0.5) is 17.6 Å². The molecule has 0 unspecified atom stereocenters. The first-order chi connectivity index (χ1) is 14.1. The highest BCUT2D eigenvalue weighted by molar-refractivity contribution is 7.62. The Morgan fingerprint density at radius 1 is 1.07 bits per heavy atom. The number of fused-ring (bicyclic) bond motifs is 1. The van der Waals surface area contributed by atoms with Crippen LogP contribution < -0.4 is 5.30 Å². The summed E-state index contributed by atoms with van der Waals surface area (Å²) in [7, 11) is -4.54. The van der Waals surface area contributed by atoms with Gasteiger partial charge in [0.15, 0.2) is 5.69 Å². The zero-order chi connectivity index (χ0) is 22.1. The Morgan fingerprint density at radius 2 is 1.70 bits per heavy atom. The third kappa shape index (κ3) is 4.23. The van der Waals surface area contributed by atoms with Gasteiger partial charge in [0.05, 0.1) is 18.7 Å². The van der Waals surface area contributed by atoms with E-state index < -0.39 is 30.6 Å². The van der Waals surface area contributed by atoms with Gasteiger partial charge in [-0.05, 0) is 38.1 Å². The van der Waals surface area contributed by atoms with Crippen molar-refractivity contribution in [2.75, 3.05) is 13.2 Å². The molecule has 1 heterocycles. The second kappa shape index (κ2) is 8.63. The lowest BCUT2D eigenvalue weighted by molar-refractivity contribution is -0.140. The quantitative estimate of drug-likeness (QED) is 0.306. The number of benzene rings is 2. The average Bonchev–Trinajstić information content (AvgIpc) is 2.67. The average molecular weight is 462 g/mol. The van der Waals surface area contributed by atoms with Crippen molar-refractivity contribution in [3.05, 3.63) is 59.0 Å². The summed E-state index contributed by atoms with van der Waals surface area (Å²) in [4.78, 5) is 3.70. The molecule has 0 N–H and O–H groups in total. The maximum absolute atomic E-state index is 14.8. The van der Waals surface area contributed by atoms with Gasteiger partial charge in [0.2, 0.25) is 0 Å². The predicted octanol–water partition coefficient (Wildman–Crippen LogP) is 6.60. The molecule has 2 aromatic carbocycles. The van der Waals surface area contributed by atoms with E-state index in [-0.39, 0.29) is 40.3 Å². The highest BCUT2D eigenvalue weighted by atomic mass is 35.5. The van der Waals surface area contributed by atoms with Gasteiger partial charge in [-0.25, -0.2) is 9.37 Å². The van der Waals surface area contributed by atoms with E-state index in [9.17, 15) is 22.1 Å². The molecule has 3 aromatic rings. The van der Waals surface area contributed by atoms with Gasteiger partial charge in [-0.1, -0.05) is 29.8 Å². The number of hydrogen-bond donors (Lipinski definition) is 0. The van der Waals surface area contributed by atoms with Crippen molar-refractivity contribution in [2.45, 2.75) is 20.0 Å². The molecule has 160 valence electrons. The summed E-state index contributed by atoms with van der Waals surface area (Å²) in [5.41, 5.74) is -2.03. The molecule has 0 atom stereocenters. The van der Waals surface area contributed by atoms with Crippen LogP contribution in [0, 0.1) is 5.82 Å². The maximum Gasteiger partial charge on any atom is 0.434 e. The van der Waals surface area contributed by atoms with Crippen LogP contribution >= 0.6 is 19.2 Å². The molecule has 1 aromatic heterocycles. The monoisotopic (exact) mass is 461 g/mol. The van der Waals surface area contributed by atoms with Crippen molar-refractivity contribution in [1.29, 1.82) is 0 Å². The van der Waals surface area contributed by atoms with E-state index in [1.807, 2.05) is 0 Å². The van der Waals surface area contributed by atoms with Crippen molar-refractivity contribution in [1.82, 2.24) is 4.98 Å². The SMILES string of the molecule is CCOP(=O)(OCC)c1c(C(F)(F)F)nc2ccc(Cl)cc2c1-c1ccccc1F. The van der Waals surface area contributed by atoms with Gasteiger partial charge >= 0.3 is 13.8 Å². The van der Waals surface area contributed by atoms with Gasteiger partial charge in [0.25, 0.3) is 0 Å². The van der Waals surface area contributed by atoms with Gasteiger partial charge in [-0.15, -0.1) is 0 Å². The number of alkyl halides is 3. The van der Waals surface area contributed by atoms with E-state index in [0.717, 1.165) is 6.07 Å². The lowest BCUT2D eigenvalue weighted by Crippen LogP contribution is -2.26. The van der Waals surface area contributed by atoms with Crippen LogP contribution in [0.15, 0.2) is 42.5 Å². The van der Waals surface area contributed by atoms with Gasteiger partial charge in [0, 0.05) is 21.5 Å². The van der Waals surface area contributed by atoms with Crippen LogP contribution in [0.1, 0.15) is 19.5 Å². The van der Waals surface area contributed by atoms with Crippen molar-refractivity contribution in [3.8, 4) is 11.1 Å². The highest BCUT2D eigenvalue weighted by Gasteiger charge is 2.45. The molecule has 0 aliphatic carbocycles. The van der Waals surface area contributed by atoms with E-state index >= 15 is 0 Å². The van der Waals surface area contributed by atoms with E-state index in [1.54, 1.807) is 0 Å². The van der Waals surface area contributed by atoms with Gasteiger partial charge in [0.1, 0.15) is 11.1 Å². The fourth-order valence-electron chi connectivity index (χ4n) is 3.13. The smallest absolute Gasteiger partial charge is 0.305 e. The Morgan fingerprint density at radius 3 is 2.27 bits per heavy atom. The fourth-order valence-corrected chi connectivity index (χ4v) is 5.27. The van der Waals surface area contributed by atoms with Gasteiger partial charge in [-0.2, -0.15) is 13.2 Å². The minimum atomic E-state index is -5.01. The van der Waals surface area contributed by atoms with Gasteiger partial charge < -0.3 is 9.05 Å². The number of nitrogens with zero attached hydrogens (tertiary/aromatic N) is 1. The summed E-state index contributed by atoms with van der Waals surface area (Å²) in [6, 6.07) is 9.23. The second-order valence-corrected chi connectivity index (χ2v) is 8.55. The fraction of sp³-hybridized carbons (Fsp3) is 0.250. The number of rotatable bonds is 6. The topological polar surface area (TPSA) is 48.4 Å². The summed E-state index contributed by atoms with van der Waals surface area (Å²) >= 11 is 6.06. The van der Waals surface area contributed by atoms with Crippen LogP contribution in [0.2, 0.25) is 5.02 Å². The van der Waals surface area contributed by atoms with E-state index in [2.05, 4.69) is 4.98 Å². The molecule has 0 saturated heterocycles. The minimum Gasteiger partial charge on any atom is -0.305 e. The third-order valence-electron chi connectivity index (χ3n) is 4.20. The van der Waals surface area contributed by atoms with E-state index in [1.165, 1.54) is 50.2 Å². The molecular formula is C20H17ClF4NO3P. The number of aromatic nitrogens is 1. The zero-order valence-corrected chi connectivity index (χ0v) is 17.6. The van der Waals surface area contributed by atoms with Gasteiger partial charge in [-0.3, -0.25) is 4.57 Å². The van der Waals surface area contributed by atoms with Crippen molar-refractivity contribution in [3.63, 3.8) is 0 Å². The first kappa shape index (κ1) is 22.7. The normalized spacial score (nSPS) is 12.5. The Hall–Kier alpha value is -1.99. The largest absolute Gasteiger partial charge is 0.434 e. The minimum absolute atomic E-state index is 0.0896. The van der Waals surface area contributed by atoms with E-state index in [4.69, 9.17) is 20.6 Å². The molecule has 4 nitrogen and oxygen atoms in total. The zero-order valence-electron chi connectivity index (χ0n) is 16.0. The van der Waals surface area contributed by atoms with Crippen molar-refractivity contribution >= 4 is 35.4 Å². The Kier molecular flexibility index (Phi) is 6.53. The summed E-state index contributed by atoms with van der Waals surface area (Å²) < 4.78 is 80.9. The summed E-state index contributed by atoms with van der Waals surface area (Å²) in [6.07, 6.45) is -5.01. The Labute approximate surface area is 175 Å². The second-order valence-electron chi connectivity index (χ2n) is 6.16. The Bertz CT molecular complexity index is 1130. The summed E-state index contributed by atoms with van der Waals surface area (Å²) in [5.74, 6) is -0.807. The first-order valence-corrected chi connectivity index (χ1v) is 10.9. The van der Waals surface area contributed by atoms with Crippen LogP contribution in [0.25, 0.3) is 22.0 Å². The molecule has 0 amide bonds. The molecule has 0 spiro atoms. The van der Waals surface area contributed by atoms with Crippen LogP contribution in [0.5, 0.6) is 0 Å². The molecule has 10 heteroatoms. The standard InChI is InChI=1S/C20H17ClF4NO3P/c1-3-28-30(27,29-4-2)18-17(13-7-5-6-8-15(13)22)14-11-12(21)9-10-16(14)26-19(18)20(23,24)25/h5-11H,3-4H2,1-2H3. The highest BCUT2D eigenvalue weighted by Crippen LogP contribution is 2.53. The summed E-state index contributed by atoms with van der Waals surface area (Å²) in [5, 5.41) is -0.552. The third-order valence-corrected chi connectivity index (χ3v) is 6.62. The van der Waals surface area contributed by atoms with Crippen molar-refractivity contribution < 1.29 is 31.2 Å². The predicted molar refractivity (Wildman–Crippen MR) is 108 cm³/mol.